The summed E-state index contributed by atoms with van der Waals surface area (Å²) in [6, 6.07) is 2.15. The normalized spacial score (nSPS) is 11.5. The summed E-state index contributed by atoms with van der Waals surface area (Å²) in [6.45, 7) is 5.15. The summed E-state index contributed by atoms with van der Waals surface area (Å²) < 4.78 is 38.7. The van der Waals surface area contributed by atoms with Gasteiger partial charge in [0.05, 0.1) is 5.56 Å². The van der Waals surface area contributed by atoms with Crippen LogP contribution in [-0.4, -0.2) is 25.1 Å². The van der Waals surface area contributed by atoms with Crippen molar-refractivity contribution in [3.05, 3.63) is 17.7 Å². The molecule has 0 amide bonds. The Hall–Kier alpha value is -1.46. The topological polar surface area (TPSA) is 28.2 Å². The standard InChI is InChI=1S/C14H22F3N3/c1-4-6-7-8-20(3)13-10-11(14(15,16)17)9-12(19-13)18-5-2/h9-10H,4-8H2,1-3H3,(H,18,19). The molecular formula is C14H22F3N3. The van der Waals surface area contributed by atoms with Gasteiger partial charge in [0, 0.05) is 20.1 Å². The van der Waals surface area contributed by atoms with E-state index in [1.54, 1.807) is 11.9 Å². The van der Waals surface area contributed by atoms with Gasteiger partial charge in [-0.3, -0.25) is 0 Å². The highest BCUT2D eigenvalue weighted by Gasteiger charge is 2.32. The van der Waals surface area contributed by atoms with Crippen molar-refractivity contribution in [1.29, 1.82) is 0 Å². The minimum absolute atomic E-state index is 0.264. The van der Waals surface area contributed by atoms with Crippen LogP contribution in [0.5, 0.6) is 0 Å². The van der Waals surface area contributed by atoms with Crippen LogP contribution in [0.1, 0.15) is 38.7 Å². The van der Waals surface area contributed by atoms with Crippen LogP contribution in [0.2, 0.25) is 0 Å². The zero-order valence-electron chi connectivity index (χ0n) is 12.2. The Morgan fingerprint density at radius 3 is 2.45 bits per heavy atom. The lowest BCUT2D eigenvalue weighted by Crippen LogP contribution is -2.21. The first kappa shape index (κ1) is 16.6. The first-order valence-corrected chi connectivity index (χ1v) is 6.92. The minimum atomic E-state index is -4.36. The molecule has 0 aromatic carbocycles. The number of anilines is 2. The molecule has 0 fully saturated rings. The van der Waals surface area contributed by atoms with E-state index < -0.39 is 11.7 Å². The molecule has 6 heteroatoms. The van der Waals surface area contributed by atoms with Crippen molar-refractivity contribution in [3.8, 4) is 0 Å². The molecule has 0 aliphatic carbocycles. The summed E-state index contributed by atoms with van der Waals surface area (Å²) in [4.78, 5) is 6.00. The average molecular weight is 289 g/mol. The molecule has 0 radical (unpaired) electrons. The fraction of sp³-hybridized carbons (Fsp3) is 0.643. The molecule has 1 aromatic rings. The Labute approximate surface area is 118 Å². The third-order valence-corrected chi connectivity index (χ3v) is 2.99. The highest BCUT2D eigenvalue weighted by Crippen LogP contribution is 2.32. The van der Waals surface area contributed by atoms with E-state index in [0.29, 0.717) is 18.9 Å². The van der Waals surface area contributed by atoms with Gasteiger partial charge in [-0.05, 0) is 25.5 Å². The maximum absolute atomic E-state index is 12.9. The number of nitrogens with zero attached hydrogens (tertiary/aromatic N) is 2. The number of halogens is 3. The largest absolute Gasteiger partial charge is 0.416 e. The number of hydrogen-bond acceptors (Lipinski definition) is 3. The highest BCUT2D eigenvalue weighted by molar-refractivity contribution is 5.50. The predicted octanol–water partition coefficient (Wildman–Crippen LogP) is 4.16. The van der Waals surface area contributed by atoms with E-state index in [2.05, 4.69) is 17.2 Å². The van der Waals surface area contributed by atoms with Gasteiger partial charge in [-0.1, -0.05) is 19.8 Å². The number of nitrogens with one attached hydrogen (secondary N) is 1. The van der Waals surface area contributed by atoms with Crippen LogP contribution in [0.3, 0.4) is 0 Å². The maximum atomic E-state index is 12.9. The van der Waals surface area contributed by atoms with Gasteiger partial charge >= 0.3 is 6.18 Å². The molecule has 0 aliphatic heterocycles. The lowest BCUT2D eigenvalue weighted by Gasteiger charge is -2.20. The fourth-order valence-corrected chi connectivity index (χ4v) is 1.86. The monoisotopic (exact) mass is 289 g/mol. The number of rotatable bonds is 7. The van der Waals surface area contributed by atoms with Gasteiger partial charge in [0.15, 0.2) is 0 Å². The van der Waals surface area contributed by atoms with E-state index in [-0.39, 0.29) is 5.82 Å². The van der Waals surface area contributed by atoms with Crippen LogP contribution >= 0.6 is 0 Å². The van der Waals surface area contributed by atoms with E-state index in [0.717, 1.165) is 31.4 Å². The first-order valence-electron chi connectivity index (χ1n) is 6.92. The van der Waals surface area contributed by atoms with E-state index >= 15 is 0 Å². The van der Waals surface area contributed by atoms with Crippen LogP contribution in [0, 0.1) is 0 Å². The Kier molecular flexibility index (Phi) is 6.10. The first-order chi connectivity index (χ1) is 9.38. The van der Waals surface area contributed by atoms with Crippen LogP contribution < -0.4 is 10.2 Å². The Bertz CT molecular complexity index is 419. The number of unbranched alkanes of at least 4 members (excludes halogenated alkanes) is 2. The van der Waals surface area contributed by atoms with Crippen molar-refractivity contribution in [2.45, 2.75) is 39.3 Å². The van der Waals surface area contributed by atoms with E-state index in [1.165, 1.54) is 0 Å². The summed E-state index contributed by atoms with van der Waals surface area (Å²) in [5, 5.41) is 2.84. The third kappa shape index (κ3) is 4.90. The molecule has 0 saturated carbocycles. The summed E-state index contributed by atoms with van der Waals surface area (Å²) in [5.74, 6) is 0.617. The summed E-state index contributed by atoms with van der Waals surface area (Å²) >= 11 is 0. The fourth-order valence-electron chi connectivity index (χ4n) is 1.86. The second-order valence-corrected chi connectivity index (χ2v) is 4.76. The van der Waals surface area contributed by atoms with Gasteiger partial charge < -0.3 is 10.2 Å². The number of pyridine rings is 1. The minimum Gasteiger partial charge on any atom is -0.370 e. The Morgan fingerprint density at radius 2 is 1.90 bits per heavy atom. The zero-order chi connectivity index (χ0) is 15.2. The molecule has 3 nitrogen and oxygen atoms in total. The van der Waals surface area contributed by atoms with Crippen LogP contribution in [-0.2, 0) is 6.18 Å². The summed E-state index contributed by atoms with van der Waals surface area (Å²) in [5.41, 5.74) is -0.666. The zero-order valence-corrected chi connectivity index (χ0v) is 12.2. The predicted molar refractivity (Wildman–Crippen MR) is 76.2 cm³/mol. The molecule has 0 unspecified atom stereocenters. The molecule has 0 atom stereocenters. The van der Waals surface area contributed by atoms with Crippen molar-refractivity contribution >= 4 is 11.6 Å². The summed E-state index contributed by atoms with van der Waals surface area (Å²) in [7, 11) is 1.77. The second kappa shape index (κ2) is 7.36. The van der Waals surface area contributed by atoms with Crippen molar-refractivity contribution in [2.75, 3.05) is 30.4 Å². The van der Waals surface area contributed by atoms with E-state index in [1.807, 2.05) is 6.92 Å². The van der Waals surface area contributed by atoms with Crippen LogP contribution in [0.25, 0.3) is 0 Å². The van der Waals surface area contributed by atoms with Gasteiger partial charge in [-0.2, -0.15) is 13.2 Å². The Balaban J connectivity index is 2.96. The molecule has 1 heterocycles. The van der Waals surface area contributed by atoms with Crippen molar-refractivity contribution in [1.82, 2.24) is 4.98 Å². The molecule has 114 valence electrons. The Morgan fingerprint density at radius 1 is 1.20 bits per heavy atom. The molecule has 0 aliphatic rings. The van der Waals surface area contributed by atoms with Gasteiger partial charge in [0.2, 0.25) is 0 Å². The van der Waals surface area contributed by atoms with Crippen molar-refractivity contribution in [2.24, 2.45) is 0 Å². The SMILES string of the molecule is CCCCCN(C)c1cc(C(F)(F)F)cc(NCC)n1. The maximum Gasteiger partial charge on any atom is 0.416 e. The van der Waals surface area contributed by atoms with Gasteiger partial charge in [0.1, 0.15) is 11.6 Å². The number of alkyl halides is 3. The quantitative estimate of drug-likeness (QED) is 0.764. The van der Waals surface area contributed by atoms with Crippen LogP contribution in [0.15, 0.2) is 12.1 Å². The van der Waals surface area contributed by atoms with Crippen LogP contribution in [0.4, 0.5) is 24.8 Å². The third-order valence-electron chi connectivity index (χ3n) is 2.99. The lowest BCUT2D eigenvalue weighted by atomic mass is 10.2. The lowest BCUT2D eigenvalue weighted by molar-refractivity contribution is -0.137. The van der Waals surface area contributed by atoms with E-state index in [4.69, 9.17) is 0 Å². The smallest absolute Gasteiger partial charge is 0.370 e. The van der Waals surface area contributed by atoms with Crippen molar-refractivity contribution in [3.63, 3.8) is 0 Å². The van der Waals surface area contributed by atoms with Crippen molar-refractivity contribution < 1.29 is 13.2 Å². The number of hydrogen-bond donors (Lipinski definition) is 1. The molecule has 0 spiro atoms. The second-order valence-electron chi connectivity index (χ2n) is 4.76. The average Bonchev–Trinajstić information content (AvgIpc) is 2.38. The molecule has 1 aromatic heterocycles. The molecular weight excluding hydrogens is 267 g/mol. The van der Waals surface area contributed by atoms with E-state index in [9.17, 15) is 13.2 Å². The highest BCUT2D eigenvalue weighted by atomic mass is 19.4. The molecule has 1 N–H and O–H groups in total. The summed E-state index contributed by atoms with van der Waals surface area (Å²) in [6.07, 6.45) is -1.27. The van der Waals surface area contributed by atoms with Gasteiger partial charge in [0.25, 0.3) is 0 Å². The molecule has 0 bridgehead atoms. The van der Waals surface area contributed by atoms with Gasteiger partial charge in [-0.25, -0.2) is 4.98 Å². The molecule has 20 heavy (non-hydrogen) atoms. The van der Waals surface area contributed by atoms with Gasteiger partial charge in [-0.15, -0.1) is 0 Å². The molecule has 0 saturated heterocycles. The molecule has 1 rings (SSSR count). The number of aromatic nitrogens is 1.